The van der Waals surface area contributed by atoms with Crippen molar-refractivity contribution in [3.63, 3.8) is 0 Å². The molecule has 0 spiro atoms. The van der Waals surface area contributed by atoms with Gasteiger partial charge < -0.3 is 20.3 Å². The molecule has 0 saturated carbocycles. The minimum absolute atomic E-state index is 0.00131. The SMILES string of the molecule is CCCN(CCC)C(=O)c1cc(C)cc(C(=O)N[C@@H](Cc2cc(F)cc(F)c2)[C@@H](O)CSc2ncc[nH]2)c1. The summed E-state index contributed by atoms with van der Waals surface area (Å²) in [7, 11) is 0. The lowest BCUT2D eigenvalue weighted by Gasteiger charge is -2.25. The maximum Gasteiger partial charge on any atom is 0.253 e. The average Bonchev–Trinajstić information content (AvgIpc) is 3.39. The smallest absolute Gasteiger partial charge is 0.253 e. The van der Waals surface area contributed by atoms with Gasteiger partial charge in [-0.15, -0.1) is 0 Å². The molecule has 2 aromatic carbocycles. The van der Waals surface area contributed by atoms with Crippen LogP contribution in [0.15, 0.2) is 53.9 Å². The summed E-state index contributed by atoms with van der Waals surface area (Å²) in [6.07, 6.45) is 3.82. The van der Waals surface area contributed by atoms with Crippen molar-refractivity contribution in [2.24, 2.45) is 0 Å². The molecule has 0 fully saturated rings. The van der Waals surface area contributed by atoms with Gasteiger partial charge in [-0.2, -0.15) is 0 Å². The molecule has 7 nitrogen and oxygen atoms in total. The van der Waals surface area contributed by atoms with E-state index in [9.17, 15) is 23.5 Å². The summed E-state index contributed by atoms with van der Waals surface area (Å²) in [6.45, 7) is 7.05. The number of H-pyrrole nitrogens is 1. The first kappa shape index (κ1) is 29.3. The zero-order chi connectivity index (χ0) is 27.7. The first-order chi connectivity index (χ1) is 18.2. The number of hydrogen-bond acceptors (Lipinski definition) is 5. The Hall–Kier alpha value is -3.24. The van der Waals surface area contributed by atoms with Gasteiger partial charge in [-0.1, -0.05) is 25.6 Å². The quantitative estimate of drug-likeness (QED) is 0.270. The molecular formula is C28H34F2N4O3S. The van der Waals surface area contributed by atoms with E-state index in [0.717, 1.165) is 24.5 Å². The number of amides is 2. The molecular weight excluding hydrogens is 510 g/mol. The van der Waals surface area contributed by atoms with Gasteiger partial charge in [0.05, 0.1) is 12.1 Å². The Kier molecular flexibility index (Phi) is 10.8. The highest BCUT2D eigenvalue weighted by Gasteiger charge is 2.25. The van der Waals surface area contributed by atoms with E-state index in [-0.39, 0.29) is 23.6 Å². The Morgan fingerprint density at radius 2 is 1.71 bits per heavy atom. The van der Waals surface area contributed by atoms with Crippen LogP contribution in [0.2, 0.25) is 0 Å². The van der Waals surface area contributed by atoms with Crippen molar-refractivity contribution in [3.05, 3.63) is 82.7 Å². The van der Waals surface area contributed by atoms with E-state index < -0.39 is 29.7 Å². The molecule has 2 atom stereocenters. The number of aliphatic hydroxyl groups is 1. The van der Waals surface area contributed by atoms with Crippen molar-refractivity contribution < 1.29 is 23.5 Å². The zero-order valence-corrected chi connectivity index (χ0v) is 22.7. The summed E-state index contributed by atoms with van der Waals surface area (Å²) in [5.74, 6) is -1.95. The summed E-state index contributed by atoms with van der Waals surface area (Å²) in [6, 6.07) is 7.22. The number of benzene rings is 2. The van der Waals surface area contributed by atoms with E-state index in [2.05, 4.69) is 15.3 Å². The zero-order valence-electron chi connectivity index (χ0n) is 21.8. The highest BCUT2D eigenvalue weighted by atomic mass is 32.2. The van der Waals surface area contributed by atoms with Crippen LogP contribution in [-0.2, 0) is 6.42 Å². The van der Waals surface area contributed by atoms with Crippen LogP contribution in [0.4, 0.5) is 8.78 Å². The third kappa shape index (κ3) is 8.39. The fraction of sp³-hybridized carbons (Fsp3) is 0.393. The Labute approximate surface area is 226 Å². The van der Waals surface area contributed by atoms with Crippen LogP contribution in [0.5, 0.6) is 0 Å². The van der Waals surface area contributed by atoms with E-state index in [0.29, 0.717) is 29.4 Å². The molecule has 3 N–H and O–H groups in total. The van der Waals surface area contributed by atoms with Crippen LogP contribution < -0.4 is 5.32 Å². The maximum absolute atomic E-state index is 13.8. The fourth-order valence-electron chi connectivity index (χ4n) is 4.20. The van der Waals surface area contributed by atoms with Gasteiger partial charge in [0.15, 0.2) is 5.16 Å². The summed E-state index contributed by atoms with van der Waals surface area (Å²) in [4.78, 5) is 35.3. The van der Waals surface area contributed by atoms with Gasteiger partial charge in [-0.05, 0) is 67.6 Å². The van der Waals surface area contributed by atoms with Crippen molar-refractivity contribution in [2.45, 2.75) is 57.3 Å². The van der Waals surface area contributed by atoms with Crippen molar-refractivity contribution in [3.8, 4) is 0 Å². The van der Waals surface area contributed by atoms with Gasteiger partial charge in [0, 0.05) is 48.4 Å². The minimum Gasteiger partial charge on any atom is -0.390 e. The Morgan fingerprint density at radius 1 is 1.05 bits per heavy atom. The van der Waals surface area contributed by atoms with Gasteiger partial charge in [-0.3, -0.25) is 9.59 Å². The number of aryl methyl sites for hydroxylation is 1. The Bertz CT molecular complexity index is 1200. The van der Waals surface area contributed by atoms with Gasteiger partial charge in [0.2, 0.25) is 0 Å². The molecule has 0 saturated heterocycles. The number of carbonyl (C=O) groups is 2. The van der Waals surface area contributed by atoms with Crippen LogP contribution >= 0.6 is 11.8 Å². The number of aromatic amines is 1. The number of aliphatic hydroxyl groups excluding tert-OH is 1. The molecule has 1 heterocycles. The van der Waals surface area contributed by atoms with Crippen LogP contribution in [0.3, 0.4) is 0 Å². The summed E-state index contributed by atoms with van der Waals surface area (Å²) in [5.41, 5.74) is 1.72. The van der Waals surface area contributed by atoms with Crippen LogP contribution in [0.25, 0.3) is 0 Å². The lowest BCUT2D eigenvalue weighted by atomic mass is 10.00. The monoisotopic (exact) mass is 544 g/mol. The number of hydrogen-bond donors (Lipinski definition) is 3. The van der Waals surface area contributed by atoms with E-state index >= 15 is 0 Å². The second-order valence-electron chi connectivity index (χ2n) is 9.21. The topological polar surface area (TPSA) is 98.3 Å². The number of nitrogens with zero attached hydrogens (tertiary/aromatic N) is 2. The van der Waals surface area contributed by atoms with Crippen LogP contribution in [0, 0.1) is 18.6 Å². The molecule has 0 aliphatic heterocycles. The number of rotatable bonds is 13. The first-order valence-corrected chi connectivity index (χ1v) is 13.7. The van der Waals surface area contributed by atoms with Gasteiger partial charge in [0.1, 0.15) is 11.6 Å². The number of thioether (sulfide) groups is 1. The second kappa shape index (κ2) is 14.1. The Morgan fingerprint density at radius 3 is 2.32 bits per heavy atom. The molecule has 2 amide bonds. The number of carbonyl (C=O) groups excluding carboxylic acids is 2. The highest BCUT2D eigenvalue weighted by molar-refractivity contribution is 7.99. The van der Waals surface area contributed by atoms with Crippen molar-refractivity contribution >= 4 is 23.6 Å². The normalized spacial score (nSPS) is 12.7. The van der Waals surface area contributed by atoms with Crippen LogP contribution in [-0.4, -0.2) is 62.8 Å². The summed E-state index contributed by atoms with van der Waals surface area (Å²) < 4.78 is 27.7. The van der Waals surface area contributed by atoms with Crippen LogP contribution in [0.1, 0.15) is 58.5 Å². The molecule has 3 rings (SSSR count). The van der Waals surface area contributed by atoms with Gasteiger partial charge in [-0.25, -0.2) is 13.8 Å². The van der Waals surface area contributed by atoms with E-state index in [1.165, 1.54) is 23.9 Å². The largest absolute Gasteiger partial charge is 0.390 e. The maximum atomic E-state index is 13.8. The van der Waals surface area contributed by atoms with Crippen molar-refractivity contribution in [2.75, 3.05) is 18.8 Å². The third-order valence-electron chi connectivity index (χ3n) is 5.88. The number of aromatic nitrogens is 2. The predicted octanol–water partition coefficient (Wildman–Crippen LogP) is 4.75. The molecule has 38 heavy (non-hydrogen) atoms. The minimum atomic E-state index is -1.06. The molecule has 0 unspecified atom stereocenters. The molecule has 3 aromatic rings. The molecule has 204 valence electrons. The van der Waals surface area contributed by atoms with E-state index in [1.54, 1.807) is 42.4 Å². The van der Waals surface area contributed by atoms with Crippen molar-refractivity contribution in [1.82, 2.24) is 20.2 Å². The number of nitrogens with one attached hydrogen (secondary N) is 2. The Balaban J connectivity index is 1.83. The standard InChI is InChI=1S/C28H34F2N4O3S/c1-4-8-34(9-5-2)27(37)21-11-18(3)10-20(15-21)26(36)33-24(14-19-12-22(29)16-23(30)13-19)25(35)17-38-28-31-6-7-32-28/h6-7,10-13,15-16,24-25,35H,4-5,8-9,14,17H2,1-3H3,(H,31,32)(H,33,36)/t24-,25-/m0/s1. The summed E-state index contributed by atoms with van der Waals surface area (Å²) >= 11 is 1.26. The summed E-state index contributed by atoms with van der Waals surface area (Å²) in [5, 5.41) is 14.4. The lowest BCUT2D eigenvalue weighted by Crippen LogP contribution is -2.46. The van der Waals surface area contributed by atoms with E-state index in [4.69, 9.17) is 0 Å². The molecule has 10 heteroatoms. The number of halogens is 2. The van der Waals surface area contributed by atoms with Crippen molar-refractivity contribution in [1.29, 1.82) is 0 Å². The van der Waals surface area contributed by atoms with E-state index in [1.807, 2.05) is 13.8 Å². The molecule has 0 radical (unpaired) electrons. The molecule has 0 aliphatic rings. The van der Waals surface area contributed by atoms with Gasteiger partial charge >= 0.3 is 0 Å². The number of imidazole rings is 1. The average molecular weight is 545 g/mol. The molecule has 1 aromatic heterocycles. The lowest BCUT2D eigenvalue weighted by molar-refractivity contribution is 0.0755. The predicted molar refractivity (Wildman–Crippen MR) is 144 cm³/mol. The first-order valence-electron chi connectivity index (χ1n) is 12.7. The second-order valence-corrected chi connectivity index (χ2v) is 10.2. The molecule has 0 aliphatic carbocycles. The van der Waals surface area contributed by atoms with Gasteiger partial charge in [0.25, 0.3) is 11.8 Å². The fourth-order valence-corrected chi connectivity index (χ4v) is 5.05. The molecule has 0 bridgehead atoms. The highest BCUT2D eigenvalue weighted by Crippen LogP contribution is 2.19. The third-order valence-corrected chi connectivity index (χ3v) is 6.89.